The van der Waals surface area contributed by atoms with Gasteiger partial charge in [0, 0.05) is 6.54 Å². The molecule has 5 heteroatoms. The molecule has 3 nitrogen and oxygen atoms in total. The second kappa shape index (κ2) is 8.11. The van der Waals surface area contributed by atoms with Crippen LogP contribution >= 0.6 is 11.8 Å². The van der Waals surface area contributed by atoms with Gasteiger partial charge in [-0.05, 0) is 42.5 Å². The third kappa shape index (κ3) is 5.51. The van der Waals surface area contributed by atoms with E-state index in [1.807, 2.05) is 12.3 Å². The Hall–Kier alpha value is -1.07. The van der Waals surface area contributed by atoms with Gasteiger partial charge in [-0.1, -0.05) is 12.1 Å². The number of halogens is 1. The molecule has 0 radical (unpaired) electrons. The molecule has 0 fully saturated rings. The highest BCUT2D eigenvalue weighted by atomic mass is 32.2. The van der Waals surface area contributed by atoms with Gasteiger partial charge < -0.3 is 11.1 Å². The molecular weight excluding hydrogens is 251 g/mol. The predicted octanol–water partition coefficient (Wildman–Crippen LogP) is 1.56. The smallest absolute Gasteiger partial charge is 0.236 e. The van der Waals surface area contributed by atoms with Crippen molar-refractivity contribution in [1.29, 1.82) is 0 Å². The van der Waals surface area contributed by atoms with E-state index >= 15 is 0 Å². The van der Waals surface area contributed by atoms with Crippen LogP contribution in [-0.4, -0.2) is 30.5 Å². The highest BCUT2D eigenvalue weighted by Crippen LogP contribution is 2.03. The van der Waals surface area contributed by atoms with Gasteiger partial charge in [-0.15, -0.1) is 0 Å². The van der Waals surface area contributed by atoms with Crippen molar-refractivity contribution in [3.8, 4) is 0 Å². The summed E-state index contributed by atoms with van der Waals surface area (Å²) in [6.45, 7) is 0.481. The first-order valence-electron chi connectivity index (χ1n) is 5.90. The van der Waals surface area contributed by atoms with Crippen molar-refractivity contribution in [1.82, 2.24) is 5.32 Å². The van der Waals surface area contributed by atoms with Crippen molar-refractivity contribution in [3.05, 3.63) is 35.6 Å². The van der Waals surface area contributed by atoms with Gasteiger partial charge in [0.25, 0.3) is 0 Å². The van der Waals surface area contributed by atoms with Gasteiger partial charge in [0.05, 0.1) is 6.04 Å². The number of carbonyl (C=O) groups is 1. The first-order chi connectivity index (χ1) is 8.63. The number of nitrogens with one attached hydrogen (secondary N) is 1. The Morgan fingerprint density at radius 1 is 1.56 bits per heavy atom. The second-order valence-electron chi connectivity index (χ2n) is 4.06. The van der Waals surface area contributed by atoms with E-state index in [1.165, 1.54) is 12.1 Å². The lowest BCUT2D eigenvalue weighted by Crippen LogP contribution is -2.41. The van der Waals surface area contributed by atoms with E-state index in [4.69, 9.17) is 5.73 Å². The zero-order valence-electron chi connectivity index (χ0n) is 10.5. The van der Waals surface area contributed by atoms with Gasteiger partial charge in [0.15, 0.2) is 0 Å². The molecule has 1 atom stereocenters. The second-order valence-corrected chi connectivity index (χ2v) is 5.04. The fourth-order valence-corrected chi connectivity index (χ4v) is 2.02. The van der Waals surface area contributed by atoms with Crippen molar-refractivity contribution < 1.29 is 9.18 Å². The van der Waals surface area contributed by atoms with Gasteiger partial charge in [-0.3, -0.25) is 4.79 Å². The molecule has 1 amide bonds. The van der Waals surface area contributed by atoms with Crippen LogP contribution in [0.15, 0.2) is 24.3 Å². The van der Waals surface area contributed by atoms with E-state index in [-0.39, 0.29) is 11.7 Å². The largest absolute Gasteiger partial charge is 0.354 e. The fourth-order valence-electron chi connectivity index (χ4n) is 1.53. The van der Waals surface area contributed by atoms with Gasteiger partial charge in [-0.25, -0.2) is 4.39 Å². The minimum Gasteiger partial charge on any atom is -0.354 e. The summed E-state index contributed by atoms with van der Waals surface area (Å²) in [5, 5.41) is 2.76. The average Bonchev–Trinajstić information content (AvgIpc) is 2.35. The Balaban J connectivity index is 2.27. The Bertz CT molecular complexity index is 387. The summed E-state index contributed by atoms with van der Waals surface area (Å²) in [6.07, 6.45) is 3.26. The minimum atomic E-state index is -0.454. The molecule has 1 aromatic rings. The average molecular weight is 270 g/mol. The van der Waals surface area contributed by atoms with Gasteiger partial charge in [-0.2, -0.15) is 11.8 Å². The van der Waals surface area contributed by atoms with Gasteiger partial charge in [0.1, 0.15) is 5.82 Å². The van der Waals surface area contributed by atoms with Crippen LogP contribution in [0.4, 0.5) is 4.39 Å². The molecule has 0 unspecified atom stereocenters. The molecule has 1 rings (SSSR count). The highest BCUT2D eigenvalue weighted by Gasteiger charge is 2.11. The Labute approximate surface area is 111 Å². The zero-order valence-corrected chi connectivity index (χ0v) is 11.3. The summed E-state index contributed by atoms with van der Waals surface area (Å²) in [4.78, 5) is 11.6. The SMILES string of the molecule is CSCC[C@H](N)C(=O)NCCc1cccc(F)c1. The Morgan fingerprint density at radius 2 is 2.33 bits per heavy atom. The quantitative estimate of drug-likeness (QED) is 0.790. The summed E-state index contributed by atoms with van der Waals surface area (Å²) < 4.78 is 12.9. The molecule has 100 valence electrons. The highest BCUT2D eigenvalue weighted by molar-refractivity contribution is 7.98. The molecule has 0 aliphatic carbocycles. The van der Waals surface area contributed by atoms with Gasteiger partial charge >= 0.3 is 0 Å². The lowest BCUT2D eigenvalue weighted by Gasteiger charge is -2.11. The van der Waals surface area contributed by atoms with Crippen LogP contribution in [0, 0.1) is 5.82 Å². The molecule has 0 spiro atoms. The van der Waals surface area contributed by atoms with Crippen molar-refractivity contribution in [3.63, 3.8) is 0 Å². The van der Waals surface area contributed by atoms with E-state index in [2.05, 4.69) is 5.32 Å². The van der Waals surface area contributed by atoms with Crippen LogP contribution in [0.2, 0.25) is 0 Å². The maximum Gasteiger partial charge on any atom is 0.236 e. The number of thioether (sulfide) groups is 1. The van der Waals surface area contributed by atoms with E-state index in [0.717, 1.165) is 11.3 Å². The topological polar surface area (TPSA) is 55.1 Å². The number of nitrogens with two attached hydrogens (primary N) is 1. The number of carbonyl (C=O) groups excluding carboxylic acids is 1. The standard InChI is InChI=1S/C13H19FN2OS/c1-18-8-6-12(15)13(17)16-7-5-10-3-2-4-11(14)9-10/h2-4,9,12H,5-8,15H2,1H3,(H,16,17)/t12-/m0/s1. The molecule has 0 aromatic heterocycles. The number of benzene rings is 1. The monoisotopic (exact) mass is 270 g/mol. The normalized spacial score (nSPS) is 12.2. The summed E-state index contributed by atoms with van der Waals surface area (Å²) in [7, 11) is 0. The van der Waals surface area contributed by atoms with Crippen LogP contribution in [0.3, 0.4) is 0 Å². The molecule has 0 aliphatic rings. The van der Waals surface area contributed by atoms with E-state index in [9.17, 15) is 9.18 Å². The van der Waals surface area contributed by atoms with Crippen LogP contribution in [0.1, 0.15) is 12.0 Å². The number of amides is 1. The molecule has 3 N–H and O–H groups in total. The third-order valence-electron chi connectivity index (χ3n) is 2.57. The Morgan fingerprint density at radius 3 is 3.00 bits per heavy atom. The summed E-state index contributed by atoms with van der Waals surface area (Å²) >= 11 is 1.67. The number of rotatable bonds is 7. The summed E-state index contributed by atoms with van der Waals surface area (Å²) in [5.74, 6) is 0.481. The molecule has 1 aromatic carbocycles. The van der Waals surface area contributed by atoms with Crippen LogP contribution < -0.4 is 11.1 Å². The van der Waals surface area contributed by atoms with E-state index in [1.54, 1.807) is 17.8 Å². The predicted molar refractivity (Wildman–Crippen MR) is 74.1 cm³/mol. The van der Waals surface area contributed by atoms with Crippen molar-refractivity contribution in [2.75, 3.05) is 18.6 Å². The molecule has 0 heterocycles. The maximum absolute atomic E-state index is 12.9. The van der Waals surface area contributed by atoms with Crippen molar-refractivity contribution in [2.24, 2.45) is 5.73 Å². The van der Waals surface area contributed by atoms with E-state index in [0.29, 0.717) is 19.4 Å². The maximum atomic E-state index is 12.9. The van der Waals surface area contributed by atoms with E-state index < -0.39 is 6.04 Å². The summed E-state index contributed by atoms with van der Waals surface area (Å²) in [6, 6.07) is 5.92. The molecule has 0 saturated carbocycles. The molecular formula is C13H19FN2OS. The first kappa shape index (κ1) is 15.0. The molecule has 0 saturated heterocycles. The molecule has 0 bridgehead atoms. The minimum absolute atomic E-state index is 0.138. The zero-order chi connectivity index (χ0) is 13.4. The van der Waals surface area contributed by atoms with Gasteiger partial charge in [0.2, 0.25) is 5.91 Å². The Kier molecular flexibility index (Phi) is 6.75. The van der Waals surface area contributed by atoms with Crippen LogP contribution in [-0.2, 0) is 11.2 Å². The van der Waals surface area contributed by atoms with Crippen LogP contribution in [0.5, 0.6) is 0 Å². The molecule has 18 heavy (non-hydrogen) atoms. The summed E-state index contributed by atoms with van der Waals surface area (Å²) in [5.41, 5.74) is 6.59. The third-order valence-corrected chi connectivity index (χ3v) is 3.22. The first-order valence-corrected chi connectivity index (χ1v) is 7.29. The molecule has 0 aliphatic heterocycles. The van der Waals surface area contributed by atoms with Crippen LogP contribution in [0.25, 0.3) is 0 Å². The number of hydrogen-bond donors (Lipinski definition) is 2. The lowest BCUT2D eigenvalue weighted by molar-refractivity contribution is -0.122. The van der Waals surface area contributed by atoms with Crippen molar-refractivity contribution in [2.45, 2.75) is 18.9 Å². The van der Waals surface area contributed by atoms with Crippen molar-refractivity contribution >= 4 is 17.7 Å². The number of hydrogen-bond acceptors (Lipinski definition) is 3. The fraction of sp³-hybridized carbons (Fsp3) is 0.462. The lowest BCUT2D eigenvalue weighted by atomic mass is 10.1.